The van der Waals surface area contributed by atoms with E-state index in [1.165, 1.54) is 19.1 Å². The Balaban J connectivity index is 1.59. The number of nitrogens with one attached hydrogen (secondary N) is 1. The fraction of sp³-hybridized carbons (Fsp3) is 0.250. The molecule has 0 atom stereocenters. The molecule has 6 heteroatoms. The lowest BCUT2D eigenvalue weighted by Crippen LogP contribution is -2.17. The molecule has 0 spiro atoms. The van der Waals surface area contributed by atoms with E-state index < -0.39 is 0 Å². The van der Waals surface area contributed by atoms with E-state index >= 15 is 0 Å². The normalized spacial score (nSPS) is 14.7. The average Bonchev–Trinajstić information content (AvgIpc) is 3.18. The van der Waals surface area contributed by atoms with Crippen molar-refractivity contribution in [1.29, 1.82) is 0 Å². The number of hydrogen-bond acceptors (Lipinski definition) is 4. The summed E-state index contributed by atoms with van der Waals surface area (Å²) in [5.74, 6) is 1.22. The first-order chi connectivity index (χ1) is 10.7. The Morgan fingerprint density at radius 3 is 2.86 bits per heavy atom. The minimum atomic E-state index is -0.260. The summed E-state index contributed by atoms with van der Waals surface area (Å²) in [5.41, 5.74) is 3.03. The van der Waals surface area contributed by atoms with E-state index in [1.807, 2.05) is 18.2 Å². The Morgan fingerprint density at radius 2 is 2.09 bits per heavy atom. The number of benzene rings is 1. The third-order valence-electron chi connectivity index (χ3n) is 3.48. The van der Waals surface area contributed by atoms with Gasteiger partial charge in [0, 0.05) is 29.2 Å². The van der Waals surface area contributed by atoms with Gasteiger partial charge in [-0.15, -0.1) is 0 Å². The van der Waals surface area contributed by atoms with Crippen LogP contribution in [0.25, 0.3) is 0 Å². The molecule has 0 bridgehead atoms. The Hall–Kier alpha value is -2.08. The number of nitrogens with zero attached hydrogens (tertiary/aromatic N) is 2. The zero-order valence-corrected chi connectivity index (χ0v) is 13.5. The van der Waals surface area contributed by atoms with Crippen LogP contribution in [0.3, 0.4) is 0 Å². The second-order valence-electron chi connectivity index (χ2n) is 5.08. The summed E-state index contributed by atoms with van der Waals surface area (Å²) in [6, 6.07) is 10.9. The molecule has 1 aliphatic rings. The van der Waals surface area contributed by atoms with Crippen molar-refractivity contribution in [1.82, 2.24) is 5.43 Å². The average molecular weight is 362 g/mol. The minimum absolute atomic E-state index is 0.260. The summed E-state index contributed by atoms with van der Waals surface area (Å²) >= 11 is 3.33. The van der Waals surface area contributed by atoms with Gasteiger partial charge in [-0.1, -0.05) is 22.0 Å². The third-order valence-corrected chi connectivity index (χ3v) is 3.97. The SMILES string of the molecule is O=C(N/N=C\c1ccc(N2CCCC2)o1)c1cccc(Br)c1. The van der Waals surface area contributed by atoms with Crippen LogP contribution < -0.4 is 10.3 Å². The second-order valence-corrected chi connectivity index (χ2v) is 6.00. The van der Waals surface area contributed by atoms with Gasteiger partial charge in [-0.05, 0) is 37.1 Å². The first-order valence-electron chi connectivity index (χ1n) is 7.16. The number of halogens is 1. The molecule has 114 valence electrons. The zero-order valence-electron chi connectivity index (χ0n) is 12.0. The molecular weight excluding hydrogens is 346 g/mol. The van der Waals surface area contributed by atoms with Crippen molar-refractivity contribution in [2.45, 2.75) is 12.8 Å². The molecule has 0 saturated carbocycles. The quantitative estimate of drug-likeness (QED) is 0.670. The van der Waals surface area contributed by atoms with Crippen molar-refractivity contribution in [2.24, 2.45) is 5.10 Å². The largest absolute Gasteiger partial charge is 0.440 e. The van der Waals surface area contributed by atoms with Crippen LogP contribution in [0.2, 0.25) is 0 Å². The van der Waals surface area contributed by atoms with E-state index in [-0.39, 0.29) is 5.91 Å². The Labute approximate surface area is 137 Å². The molecule has 2 heterocycles. The molecule has 0 aliphatic carbocycles. The Kier molecular flexibility index (Phi) is 4.58. The van der Waals surface area contributed by atoms with Gasteiger partial charge in [0.1, 0.15) is 5.76 Å². The van der Waals surface area contributed by atoms with Gasteiger partial charge in [0.2, 0.25) is 0 Å². The van der Waals surface area contributed by atoms with E-state index in [1.54, 1.807) is 18.2 Å². The lowest BCUT2D eigenvalue weighted by atomic mass is 10.2. The first-order valence-corrected chi connectivity index (χ1v) is 7.95. The van der Waals surface area contributed by atoms with Crippen LogP contribution >= 0.6 is 15.9 Å². The molecule has 0 radical (unpaired) electrons. The van der Waals surface area contributed by atoms with Gasteiger partial charge in [-0.2, -0.15) is 5.10 Å². The number of furan rings is 1. The highest BCUT2D eigenvalue weighted by Crippen LogP contribution is 2.21. The first kappa shape index (κ1) is 14.8. The molecule has 1 aliphatic heterocycles. The number of amides is 1. The molecule has 0 unspecified atom stereocenters. The van der Waals surface area contributed by atoms with Gasteiger partial charge in [-0.3, -0.25) is 4.79 Å². The minimum Gasteiger partial charge on any atom is -0.440 e. The van der Waals surface area contributed by atoms with Crippen LogP contribution in [-0.2, 0) is 0 Å². The number of hydrogen-bond donors (Lipinski definition) is 1. The Morgan fingerprint density at radius 1 is 1.27 bits per heavy atom. The van der Waals surface area contributed by atoms with Crippen molar-refractivity contribution in [3.63, 3.8) is 0 Å². The maximum absolute atomic E-state index is 11.9. The van der Waals surface area contributed by atoms with Crippen molar-refractivity contribution in [3.8, 4) is 0 Å². The van der Waals surface area contributed by atoms with Gasteiger partial charge in [0.25, 0.3) is 5.91 Å². The van der Waals surface area contributed by atoms with Gasteiger partial charge >= 0.3 is 0 Å². The summed E-state index contributed by atoms with van der Waals surface area (Å²) in [6.07, 6.45) is 3.91. The molecule has 1 aromatic carbocycles. The monoisotopic (exact) mass is 361 g/mol. The molecule has 2 aromatic rings. The predicted octanol–water partition coefficient (Wildman–Crippen LogP) is 3.41. The standard InChI is InChI=1S/C16H16BrN3O2/c17-13-5-3-4-12(10-13)16(21)19-18-11-14-6-7-15(22-14)20-8-1-2-9-20/h3-7,10-11H,1-2,8-9H2,(H,19,21)/b18-11-. The maximum Gasteiger partial charge on any atom is 0.271 e. The molecule has 1 saturated heterocycles. The van der Waals surface area contributed by atoms with Crippen LogP contribution in [0.4, 0.5) is 5.88 Å². The summed E-state index contributed by atoms with van der Waals surface area (Å²) < 4.78 is 6.54. The van der Waals surface area contributed by atoms with Gasteiger partial charge in [0.15, 0.2) is 5.88 Å². The van der Waals surface area contributed by atoms with E-state index in [9.17, 15) is 4.79 Å². The van der Waals surface area contributed by atoms with Crippen LogP contribution in [0.5, 0.6) is 0 Å². The number of anilines is 1. The van der Waals surface area contributed by atoms with Crippen molar-refractivity contribution >= 4 is 33.9 Å². The lowest BCUT2D eigenvalue weighted by molar-refractivity contribution is 0.0955. The summed E-state index contributed by atoms with van der Waals surface area (Å²) in [5, 5.41) is 3.94. The van der Waals surface area contributed by atoms with Crippen LogP contribution in [0.15, 0.2) is 50.4 Å². The highest BCUT2D eigenvalue weighted by atomic mass is 79.9. The third kappa shape index (κ3) is 3.57. The molecule has 5 nitrogen and oxygen atoms in total. The van der Waals surface area contributed by atoms with Gasteiger partial charge in [-0.25, -0.2) is 5.43 Å². The number of carbonyl (C=O) groups excluding carboxylic acids is 1. The maximum atomic E-state index is 11.9. The summed E-state index contributed by atoms with van der Waals surface area (Å²) in [6.45, 7) is 2.06. The summed E-state index contributed by atoms with van der Waals surface area (Å²) in [7, 11) is 0. The van der Waals surface area contributed by atoms with E-state index in [2.05, 4.69) is 31.4 Å². The highest BCUT2D eigenvalue weighted by molar-refractivity contribution is 9.10. The number of rotatable bonds is 4. The van der Waals surface area contributed by atoms with Gasteiger partial charge < -0.3 is 9.32 Å². The molecule has 1 fully saturated rings. The van der Waals surface area contributed by atoms with E-state index in [0.717, 1.165) is 23.4 Å². The predicted molar refractivity (Wildman–Crippen MR) is 89.4 cm³/mol. The molecule has 1 amide bonds. The van der Waals surface area contributed by atoms with E-state index in [4.69, 9.17) is 4.42 Å². The van der Waals surface area contributed by atoms with Crippen LogP contribution in [0.1, 0.15) is 29.0 Å². The van der Waals surface area contributed by atoms with Gasteiger partial charge in [0.05, 0.1) is 6.21 Å². The fourth-order valence-corrected chi connectivity index (χ4v) is 2.77. The summed E-state index contributed by atoms with van der Waals surface area (Å²) in [4.78, 5) is 14.1. The topological polar surface area (TPSA) is 57.8 Å². The molecule has 22 heavy (non-hydrogen) atoms. The van der Waals surface area contributed by atoms with Crippen molar-refractivity contribution in [2.75, 3.05) is 18.0 Å². The van der Waals surface area contributed by atoms with E-state index in [0.29, 0.717) is 11.3 Å². The zero-order chi connectivity index (χ0) is 15.4. The second kappa shape index (κ2) is 6.79. The number of hydrazone groups is 1. The smallest absolute Gasteiger partial charge is 0.271 e. The van der Waals surface area contributed by atoms with Crippen molar-refractivity contribution < 1.29 is 9.21 Å². The Bertz CT molecular complexity index is 690. The molecular formula is C16H16BrN3O2. The molecule has 1 aromatic heterocycles. The molecule has 1 N–H and O–H groups in total. The number of carbonyl (C=O) groups is 1. The lowest BCUT2D eigenvalue weighted by Gasteiger charge is -2.12. The fourth-order valence-electron chi connectivity index (χ4n) is 2.37. The van der Waals surface area contributed by atoms with Crippen LogP contribution in [-0.4, -0.2) is 25.2 Å². The van der Waals surface area contributed by atoms with Crippen LogP contribution in [0, 0.1) is 0 Å². The highest BCUT2D eigenvalue weighted by Gasteiger charge is 2.15. The van der Waals surface area contributed by atoms with Crippen molar-refractivity contribution in [3.05, 3.63) is 52.2 Å². The molecule has 3 rings (SSSR count).